The minimum Gasteiger partial charge on any atom is -0.459 e. The van der Waals surface area contributed by atoms with Gasteiger partial charge in [0, 0.05) is 38.4 Å². The number of ether oxygens (including phenoxy) is 2. The van der Waals surface area contributed by atoms with Crippen LogP contribution in [0.15, 0.2) is 24.3 Å². The third kappa shape index (κ3) is 5.63. The van der Waals surface area contributed by atoms with Gasteiger partial charge < -0.3 is 9.47 Å². The highest BCUT2D eigenvalue weighted by molar-refractivity contribution is 6.83. The van der Waals surface area contributed by atoms with Gasteiger partial charge in [-0.3, -0.25) is 0 Å². The number of carbonyl (C=O) groups excluding carboxylic acids is 1. The van der Waals surface area contributed by atoms with Crippen LogP contribution >= 0.6 is 34.8 Å². The van der Waals surface area contributed by atoms with E-state index in [1.54, 1.807) is 18.2 Å². The summed E-state index contributed by atoms with van der Waals surface area (Å²) in [5, 5.41) is 1.63. The van der Waals surface area contributed by atoms with Crippen LogP contribution in [0.2, 0.25) is 38.2 Å². The van der Waals surface area contributed by atoms with Crippen LogP contribution in [0.5, 0.6) is 0 Å². The molecule has 0 amide bonds. The van der Waals surface area contributed by atoms with E-state index in [2.05, 4.69) is 40.8 Å². The predicted molar refractivity (Wildman–Crippen MR) is 130 cm³/mol. The van der Waals surface area contributed by atoms with Crippen LogP contribution in [0.4, 0.5) is 0 Å². The summed E-state index contributed by atoms with van der Waals surface area (Å²) in [7, 11) is -1.81. The third-order valence-corrected chi connectivity index (χ3v) is 15.2. The average Bonchev–Trinajstić information content (AvgIpc) is 2.75. The molecule has 0 saturated carbocycles. The molecule has 0 spiro atoms. The van der Waals surface area contributed by atoms with Crippen LogP contribution in [-0.2, 0) is 20.9 Å². The number of benzene rings is 1. The zero-order chi connectivity index (χ0) is 22.7. The molecule has 1 aliphatic rings. The summed E-state index contributed by atoms with van der Waals surface area (Å²) in [5.41, 5.74) is 0.735. The highest BCUT2D eigenvalue weighted by Gasteiger charge is 2.54. The maximum Gasteiger partial charge on any atom is 0.330 e. The van der Waals surface area contributed by atoms with Gasteiger partial charge in [-0.25, -0.2) is 4.79 Å². The molecule has 1 aliphatic heterocycles. The van der Waals surface area contributed by atoms with Crippen LogP contribution in [0.3, 0.4) is 0 Å². The fraction of sp³-hybridized carbons (Fsp3) is 0.609. The van der Waals surface area contributed by atoms with Gasteiger partial charge >= 0.3 is 5.97 Å². The Labute approximate surface area is 197 Å². The first-order valence-corrected chi connectivity index (χ1v) is 14.5. The number of hydrogen-bond donors (Lipinski definition) is 0. The highest BCUT2D eigenvalue weighted by Crippen LogP contribution is 2.57. The van der Waals surface area contributed by atoms with Gasteiger partial charge in [0.1, 0.15) is 6.10 Å². The van der Waals surface area contributed by atoms with E-state index in [0.29, 0.717) is 28.3 Å². The summed E-state index contributed by atoms with van der Waals surface area (Å²) in [5.74, 6) is -0.247. The van der Waals surface area contributed by atoms with Crippen molar-refractivity contribution in [2.24, 2.45) is 0 Å². The number of rotatable bonds is 7. The van der Waals surface area contributed by atoms with Crippen molar-refractivity contribution in [3.8, 4) is 0 Å². The largest absolute Gasteiger partial charge is 0.459 e. The van der Waals surface area contributed by atoms with Gasteiger partial charge in [0.25, 0.3) is 0 Å². The number of hydrogen-bond acceptors (Lipinski definition) is 3. The second-order valence-electron chi connectivity index (χ2n) is 9.87. The average molecular weight is 492 g/mol. The van der Waals surface area contributed by atoms with Crippen molar-refractivity contribution >= 4 is 48.8 Å². The van der Waals surface area contributed by atoms with Crippen LogP contribution in [-0.4, -0.2) is 26.8 Å². The van der Waals surface area contributed by atoms with Gasteiger partial charge in [-0.05, 0) is 36.4 Å². The molecule has 1 heterocycles. The lowest BCUT2D eigenvalue weighted by atomic mass is 9.95. The van der Waals surface area contributed by atoms with Crippen molar-refractivity contribution in [1.29, 1.82) is 0 Å². The molecule has 3 nitrogen and oxygen atoms in total. The van der Waals surface area contributed by atoms with E-state index in [1.807, 2.05) is 6.08 Å². The van der Waals surface area contributed by atoms with Gasteiger partial charge in [-0.1, -0.05) is 81.7 Å². The quantitative estimate of drug-likeness (QED) is 0.220. The van der Waals surface area contributed by atoms with Crippen molar-refractivity contribution in [3.05, 3.63) is 44.9 Å². The van der Waals surface area contributed by atoms with Crippen molar-refractivity contribution in [1.82, 2.24) is 0 Å². The van der Waals surface area contributed by atoms with E-state index >= 15 is 0 Å². The number of esters is 1. The normalized spacial score (nSPS) is 22.7. The predicted octanol–water partition coefficient (Wildman–Crippen LogP) is 8.08. The first-order chi connectivity index (χ1) is 13.8. The maximum atomic E-state index is 12.2. The first kappa shape index (κ1) is 25.7. The Bertz CT molecular complexity index is 778. The number of carbonyl (C=O) groups is 1. The van der Waals surface area contributed by atoms with Gasteiger partial charge in [0.05, 0.1) is 14.7 Å². The molecule has 0 radical (unpaired) electrons. The summed E-state index contributed by atoms with van der Waals surface area (Å²) in [4.78, 5) is 12.2. The molecule has 1 aromatic rings. The number of allylic oxidation sites excluding steroid dienone is 1. The van der Waals surface area contributed by atoms with Crippen molar-refractivity contribution in [3.63, 3.8) is 0 Å². The molecule has 0 fully saturated rings. The minimum atomic E-state index is -1.81. The topological polar surface area (TPSA) is 35.5 Å². The van der Waals surface area contributed by atoms with E-state index in [4.69, 9.17) is 44.3 Å². The Kier molecular flexibility index (Phi) is 8.54. The number of cyclic esters (lactones) is 1. The summed E-state index contributed by atoms with van der Waals surface area (Å²) in [6.45, 7) is 14.9. The SMILES string of the molecule is CC(C)(C)[Si](C)(C)[C@@]1(C)CC=CC(=O)O[C@@H]1CCCOCc1c(Cl)cc(Cl)cc1Cl. The molecule has 2 atom stereocenters. The first-order valence-electron chi connectivity index (χ1n) is 10.4. The van der Waals surface area contributed by atoms with Gasteiger partial charge in [-0.2, -0.15) is 0 Å². The van der Waals surface area contributed by atoms with E-state index in [0.717, 1.165) is 24.8 Å². The Morgan fingerprint density at radius 2 is 1.80 bits per heavy atom. The van der Waals surface area contributed by atoms with E-state index in [-0.39, 0.29) is 22.1 Å². The van der Waals surface area contributed by atoms with Crippen LogP contribution in [0.1, 0.15) is 52.5 Å². The molecular formula is C23H33Cl3O3Si. The minimum absolute atomic E-state index is 0.0588. The molecule has 30 heavy (non-hydrogen) atoms. The molecule has 0 aliphatic carbocycles. The van der Waals surface area contributed by atoms with Crippen molar-refractivity contribution in [2.75, 3.05) is 6.61 Å². The number of halogens is 3. The second kappa shape index (κ2) is 9.95. The summed E-state index contributed by atoms with van der Waals surface area (Å²) < 4.78 is 11.8. The Morgan fingerprint density at radius 1 is 1.20 bits per heavy atom. The fourth-order valence-electron chi connectivity index (χ4n) is 3.99. The lowest BCUT2D eigenvalue weighted by Crippen LogP contribution is -2.54. The Balaban J connectivity index is 2.03. The van der Waals surface area contributed by atoms with Crippen molar-refractivity contribution in [2.45, 2.75) is 82.8 Å². The molecule has 7 heteroatoms. The molecular weight excluding hydrogens is 459 g/mol. The van der Waals surface area contributed by atoms with E-state index in [1.165, 1.54) is 0 Å². The molecule has 0 N–H and O–H groups in total. The molecule has 0 bridgehead atoms. The second-order valence-corrected chi connectivity index (χ2v) is 17.0. The standard InChI is InChI=1S/C23H33Cl3O3Si/c1-22(2,3)30(5,6)23(4)11-7-10-21(27)29-20(23)9-8-12-28-15-17-18(25)13-16(24)14-19(17)26/h7,10,13-14,20H,8-9,11-12,15H2,1-6H3/t20-,23+/m1/s1. The Hall–Kier alpha value is -0.523. The van der Waals surface area contributed by atoms with Gasteiger partial charge in [0.2, 0.25) is 0 Å². The summed E-state index contributed by atoms with van der Waals surface area (Å²) in [6, 6.07) is 3.33. The van der Waals surface area contributed by atoms with E-state index < -0.39 is 8.07 Å². The summed E-state index contributed by atoms with van der Waals surface area (Å²) >= 11 is 18.4. The zero-order valence-corrected chi connectivity index (χ0v) is 22.0. The fourth-order valence-corrected chi connectivity index (χ4v) is 8.26. The molecule has 0 unspecified atom stereocenters. The van der Waals surface area contributed by atoms with Crippen LogP contribution in [0, 0.1) is 0 Å². The molecule has 0 aromatic heterocycles. The lowest BCUT2D eigenvalue weighted by Gasteiger charge is -2.53. The molecule has 0 saturated heterocycles. The molecule has 2 rings (SSSR count). The monoisotopic (exact) mass is 490 g/mol. The highest BCUT2D eigenvalue weighted by atomic mass is 35.5. The molecule has 1 aromatic carbocycles. The lowest BCUT2D eigenvalue weighted by molar-refractivity contribution is -0.145. The third-order valence-electron chi connectivity index (χ3n) is 7.17. The Morgan fingerprint density at radius 3 is 2.37 bits per heavy atom. The zero-order valence-electron chi connectivity index (χ0n) is 18.8. The smallest absolute Gasteiger partial charge is 0.330 e. The van der Waals surface area contributed by atoms with Crippen LogP contribution in [0.25, 0.3) is 0 Å². The van der Waals surface area contributed by atoms with Gasteiger partial charge in [0.15, 0.2) is 0 Å². The van der Waals surface area contributed by atoms with Crippen molar-refractivity contribution < 1.29 is 14.3 Å². The summed E-state index contributed by atoms with van der Waals surface area (Å²) in [6.07, 6.45) is 5.84. The maximum absolute atomic E-state index is 12.2. The van der Waals surface area contributed by atoms with E-state index in [9.17, 15) is 4.79 Å². The molecule has 168 valence electrons. The van der Waals surface area contributed by atoms with Crippen LogP contribution < -0.4 is 0 Å². The van der Waals surface area contributed by atoms with Gasteiger partial charge in [-0.15, -0.1) is 0 Å².